The van der Waals surface area contributed by atoms with Gasteiger partial charge in [0.2, 0.25) is 0 Å². The third kappa shape index (κ3) is 1.73. The van der Waals surface area contributed by atoms with E-state index in [1.807, 2.05) is 30.3 Å². The molecule has 2 heteroatoms. The predicted molar refractivity (Wildman–Crippen MR) is 58.1 cm³/mol. The Morgan fingerprint density at radius 3 is 2.43 bits per heavy atom. The number of halogens is 1. The summed E-state index contributed by atoms with van der Waals surface area (Å²) in [6.07, 6.45) is 2.34. The first-order valence-corrected chi connectivity index (χ1v) is 5.14. The van der Waals surface area contributed by atoms with Crippen molar-refractivity contribution in [1.82, 2.24) is 0 Å². The molecule has 0 fully saturated rings. The van der Waals surface area contributed by atoms with Gasteiger partial charge in [-0.3, -0.25) is 4.79 Å². The molecule has 1 aromatic rings. The average Bonchev–Trinajstić information content (AvgIpc) is 2.19. The fourth-order valence-electron chi connectivity index (χ4n) is 1.73. The largest absolute Gasteiger partial charge is 0.294 e. The van der Waals surface area contributed by atoms with Gasteiger partial charge in [-0.25, -0.2) is 0 Å². The Balaban J connectivity index is 2.46. The minimum Gasteiger partial charge on any atom is -0.294 e. The van der Waals surface area contributed by atoms with Gasteiger partial charge in [-0.05, 0) is 18.4 Å². The predicted octanol–water partition coefficient (Wildman–Crippen LogP) is 3.39. The SMILES string of the molecule is O=C1CCCC(Cl)=C1c1ccccc1. The van der Waals surface area contributed by atoms with Crippen molar-refractivity contribution < 1.29 is 4.79 Å². The molecule has 0 heterocycles. The molecule has 0 radical (unpaired) electrons. The van der Waals surface area contributed by atoms with Crippen LogP contribution in [0.1, 0.15) is 24.8 Å². The van der Waals surface area contributed by atoms with E-state index in [1.165, 1.54) is 0 Å². The number of hydrogen-bond donors (Lipinski definition) is 0. The lowest BCUT2D eigenvalue weighted by atomic mass is 9.92. The van der Waals surface area contributed by atoms with E-state index in [-0.39, 0.29) is 5.78 Å². The van der Waals surface area contributed by atoms with Gasteiger partial charge in [0.1, 0.15) is 0 Å². The highest BCUT2D eigenvalue weighted by Gasteiger charge is 2.20. The Labute approximate surface area is 88.4 Å². The third-order valence-electron chi connectivity index (χ3n) is 2.41. The number of ketones is 1. The minimum absolute atomic E-state index is 0.174. The van der Waals surface area contributed by atoms with Gasteiger partial charge in [-0.1, -0.05) is 41.9 Å². The molecule has 0 saturated carbocycles. The van der Waals surface area contributed by atoms with Crippen molar-refractivity contribution in [3.05, 3.63) is 40.9 Å². The quantitative estimate of drug-likeness (QED) is 0.689. The molecule has 0 aliphatic heterocycles. The summed E-state index contributed by atoms with van der Waals surface area (Å²) in [5, 5.41) is 0.715. The highest BCUT2D eigenvalue weighted by molar-refractivity contribution is 6.40. The van der Waals surface area contributed by atoms with Gasteiger partial charge < -0.3 is 0 Å². The van der Waals surface area contributed by atoms with Crippen LogP contribution in [-0.2, 0) is 4.79 Å². The van der Waals surface area contributed by atoms with Crippen LogP contribution in [0.5, 0.6) is 0 Å². The summed E-state index contributed by atoms with van der Waals surface area (Å²) < 4.78 is 0. The standard InChI is InChI=1S/C12H11ClO/c13-10-7-4-8-11(14)12(10)9-5-2-1-3-6-9/h1-3,5-6H,4,7-8H2. The fourth-order valence-corrected chi connectivity index (χ4v) is 2.08. The van der Waals surface area contributed by atoms with Crippen LogP contribution in [0.25, 0.3) is 5.57 Å². The smallest absolute Gasteiger partial charge is 0.164 e. The number of hydrogen-bond acceptors (Lipinski definition) is 1. The Bertz CT molecular complexity index is 379. The van der Waals surface area contributed by atoms with E-state index in [0.717, 1.165) is 24.0 Å². The maximum atomic E-state index is 11.7. The Kier molecular flexibility index (Phi) is 2.69. The topological polar surface area (TPSA) is 17.1 Å². The lowest BCUT2D eigenvalue weighted by Gasteiger charge is -2.14. The minimum atomic E-state index is 0.174. The van der Waals surface area contributed by atoms with E-state index in [0.29, 0.717) is 11.5 Å². The van der Waals surface area contributed by atoms with Gasteiger partial charge in [0.05, 0.1) is 0 Å². The summed E-state index contributed by atoms with van der Waals surface area (Å²) in [5.74, 6) is 0.174. The van der Waals surface area contributed by atoms with Crippen LogP contribution in [0.2, 0.25) is 0 Å². The van der Waals surface area contributed by atoms with E-state index < -0.39 is 0 Å². The van der Waals surface area contributed by atoms with Crippen molar-refractivity contribution in [3.8, 4) is 0 Å². The second kappa shape index (κ2) is 3.97. The first kappa shape index (κ1) is 9.47. The molecule has 0 spiro atoms. The number of carbonyl (C=O) groups is 1. The molecule has 1 aromatic carbocycles. The van der Waals surface area contributed by atoms with Gasteiger partial charge in [0.15, 0.2) is 5.78 Å². The van der Waals surface area contributed by atoms with Gasteiger partial charge in [-0.15, -0.1) is 0 Å². The summed E-state index contributed by atoms with van der Waals surface area (Å²) in [6, 6.07) is 9.65. The van der Waals surface area contributed by atoms with Crippen LogP contribution in [0.3, 0.4) is 0 Å². The zero-order chi connectivity index (χ0) is 9.97. The molecule has 2 rings (SSSR count). The van der Waals surface area contributed by atoms with Crippen molar-refractivity contribution in [3.63, 3.8) is 0 Å². The number of Topliss-reactive ketones (excluding diaryl/α,β-unsaturated/α-hetero) is 1. The molecule has 1 aliphatic rings. The Morgan fingerprint density at radius 1 is 1.07 bits per heavy atom. The van der Waals surface area contributed by atoms with Gasteiger partial charge >= 0.3 is 0 Å². The van der Waals surface area contributed by atoms with Crippen LogP contribution in [0, 0.1) is 0 Å². The molecule has 0 amide bonds. The Hall–Kier alpha value is -1.08. The summed E-state index contributed by atoms with van der Waals surface area (Å²) >= 11 is 6.07. The normalized spacial score (nSPS) is 17.4. The summed E-state index contributed by atoms with van der Waals surface area (Å²) in [6.45, 7) is 0. The molecule has 0 unspecified atom stereocenters. The molecule has 14 heavy (non-hydrogen) atoms. The van der Waals surface area contributed by atoms with Crippen LogP contribution in [0.15, 0.2) is 35.4 Å². The maximum Gasteiger partial charge on any atom is 0.164 e. The average molecular weight is 207 g/mol. The van der Waals surface area contributed by atoms with E-state index in [2.05, 4.69) is 0 Å². The first-order valence-electron chi connectivity index (χ1n) is 4.76. The fraction of sp³-hybridized carbons (Fsp3) is 0.250. The summed E-state index contributed by atoms with van der Waals surface area (Å²) in [4.78, 5) is 11.7. The van der Waals surface area contributed by atoms with Crippen LogP contribution < -0.4 is 0 Å². The van der Waals surface area contributed by atoms with Crippen molar-refractivity contribution >= 4 is 23.0 Å². The highest BCUT2D eigenvalue weighted by Crippen LogP contribution is 2.31. The molecule has 0 atom stereocenters. The van der Waals surface area contributed by atoms with Crippen molar-refractivity contribution in [1.29, 1.82) is 0 Å². The monoisotopic (exact) mass is 206 g/mol. The third-order valence-corrected chi connectivity index (χ3v) is 2.79. The maximum absolute atomic E-state index is 11.7. The molecular formula is C12H11ClO. The van der Waals surface area contributed by atoms with Crippen LogP contribution in [-0.4, -0.2) is 5.78 Å². The van der Waals surface area contributed by atoms with Gasteiger partial charge in [0.25, 0.3) is 0 Å². The number of rotatable bonds is 1. The summed E-state index contributed by atoms with van der Waals surface area (Å²) in [5.41, 5.74) is 1.67. The molecular weight excluding hydrogens is 196 g/mol. The van der Waals surface area contributed by atoms with Crippen molar-refractivity contribution in [2.75, 3.05) is 0 Å². The second-order valence-electron chi connectivity index (χ2n) is 3.42. The number of allylic oxidation sites excluding steroid dienone is 2. The number of benzene rings is 1. The summed E-state index contributed by atoms with van der Waals surface area (Å²) in [7, 11) is 0. The van der Waals surface area contributed by atoms with Gasteiger partial charge in [-0.2, -0.15) is 0 Å². The number of carbonyl (C=O) groups excluding carboxylic acids is 1. The second-order valence-corrected chi connectivity index (χ2v) is 3.88. The molecule has 0 bridgehead atoms. The molecule has 0 aromatic heterocycles. The zero-order valence-corrected chi connectivity index (χ0v) is 8.55. The van der Waals surface area contributed by atoms with E-state index in [9.17, 15) is 4.79 Å². The van der Waals surface area contributed by atoms with E-state index >= 15 is 0 Å². The van der Waals surface area contributed by atoms with Crippen LogP contribution >= 0.6 is 11.6 Å². The van der Waals surface area contributed by atoms with Crippen LogP contribution in [0.4, 0.5) is 0 Å². The van der Waals surface area contributed by atoms with Crippen molar-refractivity contribution in [2.45, 2.75) is 19.3 Å². The van der Waals surface area contributed by atoms with E-state index in [1.54, 1.807) is 0 Å². The first-order chi connectivity index (χ1) is 6.79. The zero-order valence-electron chi connectivity index (χ0n) is 7.79. The van der Waals surface area contributed by atoms with E-state index in [4.69, 9.17) is 11.6 Å². The molecule has 1 aliphatic carbocycles. The molecule has 0 N–H and O–H groups in total. The van der Waals surface area contributed by atoms with Crippen molar-refractivity contribution in [2.24, 2.45) is 0 Å². The Morgan fingerprint density at radius 2 is 1.79 bits per heavy atom. The van der Waals surface area contributed by atoms with Gasteiger partial charge in [0, 0.05) is 17.0 Å². The highest BCUT2D eigenvalue weighted by atomic mass is 35.5. The lowest BCUT2D eigenvalue weighted by Crippen LogP contribution is -2.08. The molecule has 0 saturated heterocycles. The molecule has 72 valence electrons. The molecule has 1 nitrogen and oxygen atoms in total. The lowest BCUT2D eigenvalue weighted by molar-refractivity contribution is -0.114.